The van der Waals surface area contributed by atoms with E-state index < -0.39 is 49.5 Å². The molecule has 1 heterocycles. The Hall–Kier alpha value is -2.89. The average Bonchev–Trinajstić information content (AvgIpc) is 3.21. The fourth-order valence-electron chi connectivity index (χ4n) is 6.11. The van der Waals surface area contributed by atoms with Gasteiger partial charge in [-0.25, -0.2) is 0 Å². The topological polar surface area (TPSA) is 149 Å². The third-order valence-electron chi connectivity index (χ3n) is 9.64. The van der Waals surface area contributed by atoms with E-state index in [0.717, 1.165) is 103 Å². The molecule has 1 aliphatic rings. The molecule has 0 aliphatic carbocycles. The molecule has 1 rings (SSSR count). The maximum atomic E-state index is 12.9. The van der Waals surface area contributed by atoms with E-state index in [2.05, 4.69) is 104 Å². The lowest BCUT2D eigenvalue weighted by Crippen LogP contribution is -2.60. The average molecular weight is 798 g/mol. The third kappa shape index (κ3) is 28.2. The Balaban J connectivity index is 2.31. The molecule has 9 heteroatoms. The SMILES string of the molecule is CC/C=C\C/C=C\C/C=C\C/C=C\C/C=C\C/C=C\CCCCCCCCC(=O)NC(COC1OC(CO)C(O)C(O)C1O)C(O)/C=C/CC/C=C/CCCCC. The van der Waals surface area contributed by atoms with E-state index in [0.29, 0.717) is 6.42 Å². The first-order valence-corrected chi connectivity index (χ1v) is 22.0. The highest BCUT2D eigenvalue weighted by Crippen LogP contribution is 2.22. The second-order valence-corrected chi connectivity index (χ2v) is 14.7. The number of carbonyl (C=O) groups is 1. The molecule has 1 aliphatic heterocycles. The third-order valence-corrected chi connectivity index (χ3v) is 9.64. The number of ether oxygens (including phenoxy) is 2. The Kier molecular flexibility index (Phi) is 34.2. The molecular weight excluding hydrogens is 719 g/mol. The Morgan fingerprint density at radius 3 is 1.68 bits per heavy atom. The smallest absolute Gasteiger partial charge is 0.220 e. The number of unbranched alkanes of at least 4 members (excludes halogenated alkanes) is 10. The summed E-state index contributed by atoms with van der Waals surface area (Å²) in [5, 5.41) is 53.9. The number of hydrogen-bond donors (Lipinski definition) is 6. The number of carbonyl (C=O) groups excluding carboxylic acids is 1. The molecule has 7 unspecified atom stereocenters. The Bertz CT molecular complexity index is 1200. The van der Waals surface area contributed by atoms with Crippen LogP contribution in [0.4, 0.5) is 0 Å². The second-order valence-electron chi connectivity index (χ2n) is 14.7. The fourth-order valence-corrected chi connectivity index (χ4v) is 6.11. The van der Waals surface area contributed by atoms with Crippen LogP contribution in [0.2, 0.25) is 0 Å². The van der Waals surface area contributed by atoms with Crippen molar-refractivity contribution in [3.63, 3.8) is 0 Å². The van der Waals surface area contributed by atoms with Gasteiger partial charge in [-0.2, -0.15) is 0 Å². The molecule has 1 saturated heterocycles. The first-order valence-electron chi connectivity index (χ1n) is 22.0. The van der Waals surface area contributed by atoms with E-state index in [1.54, 1.807) is 6.08 Å². The van der Waals surface area contributed by atoms with Gasteiger partial charge in [-0.05, 0) is 83.5 Å². The van der Waals surface area contributed by atoms with E-state index in [9.17, 15) is 30.3 Å². The van der Waals surface area contributed by atoms with E-state index in [1.807, 2.05) is 6.08 Å². The molecule has 0 aromatic carbocycles. The molecule has 0 spiro atoms. The standard InChI is InChI=1S/C48H79NO8/c1-3-5-7-9-11-13-14-15-16-17-18-19-20-21-22-23-24-25-26-27-28-30-32-34-36-38-44(52)49-41(42(51)37-35-33-31-29-12-10-8-6-4-2)40-56-48-47(55)46(54)45(53)43(39-50)57-48/h5,7,11-13,15-16,18-19,21-22,24-25,29,35,37,41-43,45-48,50-51,53-55H,3-4,6,8-10,14,17,20,23,26-28,30-34,36,38-40H2,1-2H3,(H,49,52)/b7-5-,13-11-,16-15-,19-18-,22-21-,25-24-,29-12+,37-35+. The van der Waals surface area contributed by atoms with E-state index in [-0.39, 0.29) is 12.5 Å². The van der Waals surface area contributed by atoms with Crippen LogP contribution in [-0.2, 0) is 14.3 Å². The van der Waals surface area contributed by atoms with Crippen LogP contribution in [0, 0.1) is 0 Å². The van der Waals surface area contributed by atoms with Gasteiger partial charge in [-0.3, -0.25) is 4.79 Å². The van der Waals surface area contributed by atoms with Crippen LogP contribution in [0.15, 0.2) is 97.2 Å². The van der Waals surface area contributed by atoms with E-state index >= 15 is 0 Å². The van der Waals surface area contributed by atoms with Crippen molar-refractivity contribution in [2.24, 2.45) is 0 Å². The number of aliphatic hydroxyl groups excluding tert-OH is 5. The molecule has 0 radical (unpaired) electrons. The molecule has 6 N–H and O–H groups in total. The molecule has 0 aromatic heterocycles. The molecule has 9 nitrogen and oxygen atoms in total. The van der Waals surface area contributed by atoms with E-state index in [4.69, 9.17) is 9.47 Å². The summed E-state index contributed by atoms with van der Waals surface area (Å²) in [4.78, 5) is 12.9. The van der Waals surface area contributed by atoms with Crippen molar-refractivity contribution in [1.29, 1.82) is 0 Å². The van der Waals surface area contributed by atoms with Gasteiger partial charge in [0.15, 0.2) is 6.29 Å². The number of aliphatic hydroxyl groups is 5. The summed E-state index contributed by atoms with van der Waals surface area (Å²) < 4.78 is 11.1. The summed E-state index contributed by atoms with van der Waals surface area (Å²) in [6.07, 6.45) is 46.0. The van der Waals surface area contributed by atoms with Crippen molar-refractivity contribution in [1.82, 2.24) is 5.32 Å². The van der Waals surface area contributed by atoms with Gasteiger partial charge >= 0.3 is 0 Å². The van der Waals surface area contributed by atoms with Crippen molar-refractivity contribution in [3.05, 3.63) is 97.2 Å². The molecule has 1 amide bonds. The van der Waals surface area contributed by atoms with Crippen molar-refractivity contribution in [2.75, 3.05) is 13.2 Å². The number of allylic oxidation sites excluding steroid dienone is 15. The maximum Gasteiger partial charge on any atom is 0.220 e. The number of rotatable bonds is 34. The Morgan fingerprint density at radius 2 is 1.11 bits per heavy atom. The first kappa shape index (κ1) is 52.1. The monoisotopic (exact) mass is 798 g/mol. The summed E-state index contributed by atoms with van der Waals surface area (Å²) >= 11 is 0. The molecule has 324 valence electrons. The largest absolute Gasteiger partial charge is 0.394 e. The van der Waals surface area contributed by atoms with Gasteiger partial charge in [-0.1, -0.05) is 150 Å². The van der Waals surface area contributed by atoms with Crippen molar-refractivity contribution in [3.8, 4) is 0 Å². The predicted molar refractivity (Wildman–Crippen MR) is 234 cm³/mol. The fraction of sp³-hybridized carbons (Fsp3) is 0.646. The van der Waals surface area contributed by atoms with Crippen LogP contribution in [0.1, 0.15) is 142 Å². The number of hydrogen-bond acceptors (Lipinski definition) is 8. The van der Waals surface area contributed by atoms with Gasteiger partial charge in [-0.15, -0.1) is 0 Å². The first-order chi connectivity index (χ1) is 27.8. The summed E-state index contributed by atoms with van der Waals surface area (Å²) in [6, 6.07) is -0.834. The molecule has 7 atom stereocenters. The number of nitrogens with one attached hydrogen (secondary N) is 1. The quantitative estimate of drug-likeness (QED) is 0.0279. The molecular formula is C48H79NO8. The molecule has 0 bridgehead atoms. The lowest BCUT2D eigenvalue weighted by Gasteiger charge is -2.40. The molecule has 0 saturated carbocycles. The van der Waals surface area contributed by atoms with Crippen LogP contribution < -0.4 is 5.32 Å². The highest BCUT2D eigenvalue weighted by atomic mass is 16.7. The molecule has 1 fully saturated rings. The Labute approximate surface area is 345 Å². The van der Waals surface area contributed by atoms with Crippen molar-refractivity contribution >= 4 is 5.91 Å². The van der Waals surface area contributed by atoms with Gasteiger partial charge in [0.05, 0.1) is 25.4 Å². The predicted octanol–water partition coefficient (Wildman–Crippen LogP) is 8.94. The van der Waals surface area contributed by atoms with Crippen molar-refractivity contribution in [2.45, 2.75) is 185 Å². The normalized spacial score (nSPS) is 22.0. The Morgan fingerprint density at radius 1 is 0.614 bits per heavy atom. The molecule has 57 heavy (non-hydrogen) atoms. The van der Waals surface area contributed by atoms with Gasteiger partial charge in [0.1, 0.15) is 24.4 Å². The van der Waals surface area contributed by atoms with Crippen LogP contribution >= 0.6 is 0 Å². The lowest BCUT2D eigenvalue weighted by molar-refractivity contribution is -0.302. The minimum absolute atomic E-state index is 0.211. The van der Waals surface area contributed by atoms with Gasteiger partial charge in [0.25, 0.3) is 0 Å². The highest BCUT2D eigenvalue weighted by molar-refractivity contribution is 5.76. The highest BCUT2D eigenvalue weighted by Gasteiger charge is 2.44. The van der Waals surface area contributed by atoms with Crippen LogP contribution in [0.25, 0.3) is 0 Å². The summed E-state index contributed by atoms with van der Waals surface area (Å²) in [5.74, 6) is -0.211. The minimum Gasteiger partial charge on any atom is -0.394 e. The number of amides is 1. The minimum atomic E-state index is -1.58. The zero-order valence-corrected chi connectivity index (χ0v) is 35.3. The van der Waals surface area contributed by atoms with Gasteiger partial charge < -0.3 is 40.3 Å². The zero-order valence-electron chi connectivity index (χ0n) is 35.3. The van der Waals surface area contributed by atoms with Crippen molar-refractivity contribution < 1.29 is 39.8 Å². The molecule has 0 aromatic rings. The second kappa shape index (κ2) is 37.4. The van der Waals surface area contributed by atoms with Crippen LogP contribution in [0.3, 0.4) is 0 Å². The summed E-state index contributed by atoms with van der Waals surface area (Å²) in [7, 11) is 0. The summed E-state index contributed by atoms with van der Waals surface area (Å²) in [6.45, 7) is 3.54. The van der Waals surface area contributed by atoms with Crippen LogP contribution in [0.5, 0.6) is 0 Å². The summed E-state index contributed by atoms with van der Waals surface area (Å²) in [5.41, 5.74) is 0. The lowest BCUT2D eigenvalue weighted by atomic mass is 9.99. The van der Waals surface area contributed by atoms with E-state index in [1.165, 1.54) is 19.3 Å². The van der Waals surface area contributed by atoms with Gasteiger partial charge in [0.2, 0.25) is 5.91 Å². The maximum absolute atomic E-state index is 12.9. The van der Waals surface area contributed by atoms with Crippen LogP contribution in [-0.4, -0.2) is 87.5 Å². The zero-order chi connectivity index (χ0) is 41.6. The van der Waals surface area contributed by atoms with Gasteiger partial charge in [0, 0.05) is 6.42 Å².